The molecule has 2 heterocycles. The third kappa shape index (κ3) is 4.03. The Morgan fingerprint density at radius 2 is 1.74 bits per heavy atom. The number of allylic oxidation sites excluding steroid dienone is 2. The standard InChI is InChI=1S/C26H25BrCl2N2O8/c27-12-31-23(37)25(28)11-17-15(5-6-16-19(17)22(36)30(21(16)35)8-7-18(33)34)20(26(25,29)24(31)38)13-1-3-14(4-2-13)39-10-9-32/h1-5,16-17,19-20,32H,6-12H2,(H,33,34). The largest absolute Gasteiger partial charge is 0.491 e. The number of carboxylic acid groups (broad SMARTS) is 1. The van der Waals surface area contributed by atoms with E-state index in [0.29, 0.717) is 16.9 Å². The number of benzene rings is 1. The molecule has 4 amide bonds. The topological polar surface area (TPSA) is 142 Å². The maximum absolute atomic E-state index is 13.7. The van der Waals surface area contributed by atoms with Crippen LogP contribution in [-0.2, 0) is 24.0 Å². The number of likely N-dealkylation sites (tertiary alicyclic amines) is 2. The molecule has 6 atom stereocenters. The van der Waals surface area contributed by atoms with Gasteiger partial charge in [-0.1, -0.05) is 39.7 Å². The Balaban J connectivity index is 1.61. The van der Waals surface area contributed by atoms with Crippen LogP contribution in [0.25, 0.3) is 0 Å². The van der Waals surface area contributed by atoms with Crippen molar-refractivity contribution in [2.75, 3.05) is 25.2 Å². The van der Waals surface area contributed by atoms with Crippen molar-refractivity contribution in [1.82, 2.24) is 9.80 Å². The predicted molar refractivity (Wildman–Crippen MR) is 141 cm³/mol. The highest BCUT2D eigenvalue weighted by Gasteiger charge is 2.76. The Bertz CT molecular complexity index is 1290. The number of carbonyl (C=O) groups excluding carboxylic acids is 4. The maximum atomic E-state index is 13.7. The van der Waals surface area contributed by atoms with Crippen LogP contribution >= 0.6 is 39.1 Å². The molecule has 208 valence electrons. The SMILES string of the molecule is O=C(O)CCN1C(=O)C2CC=C3C(CC4(Cl)C(=O)N(CBr)C(=O)C4(Cl)C3c3ccc(OCCO)cc3)C2C1=O. The number of carbonyl (C=O) groups is 5. The van der Waals surface area contributed by atoms with E-state index in [9.17, 15) is 24.0 Å². The fourth-order valence-electron chi connectivity index (χ4n) is 6.54. The molecule has 4 aliphatic rings. The van der Waals surface area contributed by atoms with Crippen molar-refractivity contribution in [3.05, 3.63) is 41.5 Å². The lowest BCUT2D eigenvalue weighted by Crippen LogP contribution is -2.60. The molecule has 6 unspecified atom stereocenters. The molecule has 10 nitrogen and oxygen atoms in total. The normalized spacial score (nSPS) is 33.6. The number of carboxylic acids is 1. The Labute approximate surface area is 242 Å². The van der Waals surface area contributed by atoms with Gasteiger partial charge in [-0.2, -0.15) is 0 Å². The lowest BCUT2D eigenvalue weighted by atomic mass is 9.56. The number of aliphatic hydroxyl groups excluding tert-OH is 1. The van der Waals surface area contributed by atoms with E-state index in [1.165, 1.54) is 0 Å². The Morgan fingerprint density at radius 1 is 1.05 bits per heavy atom. The molecule has 1 aromatic carbocycles. The number of hydrogen-bond donors (Lipinski definition) is 2. The van der Waals surface area contributed by atoms with Gasteiger partial charge in [0.1, 0.15) is 12.4 Å². The van der Waals surface area contributed by atoms with Gasteiger partial charge in [0.25, 0.3) is 11.8 Å². The number of amides is 4. The Morgan fingerprint density at radius 3 is 2.36 bits per heavy atom. The molecule has 0 spiro atoms. The molecule has 5 rings (SSSR count). The van der Waals surface area contributed by atoms with Crippen molar-refractivity contribution >= 4 is 68.7 Å². The summed E-state index contributed by atoms with van der Waals surface area (Å²) in [6, 6.07) is 6.70. The van der Waals surface area contributed by atoms with Crippen LogP contribution in [0.5, 0.6) is 5.75 Å². The first-order chi connectivity index (χ1) is 18.5. The monoisotopic (exact) mass is 642 g/mol. The van der Waals surface area contributed by atoms with Gasteiger partial charge in [0, 0.05) is 12.5 Å². The number of imide groups is 2. The van der Waals surface area contributed by atoms with Crippen LogP contribution in [-0.4, -0.2) is 84.6 Å². The Kier molecular flexibility index (Phi) is 7.32. The van der Waals surface area contributed by atoms with Crippen LogP contribution in [0.15, 0.2) is 35.9 Å². The number of rotatable bonds is 8. The second kappa shape index (κ2) is 10.2. The average Bonchev–Trinajstić information content (AvgIpc) is 3.24. The molecule has 13 heteroatoms. The van der Waals surface area contributed by atoms with Gasteiger partial charge in [0.15, 0.2) is 9.75 Å². The number of aliphatic hydroxyl groups is 1. The van der Waals surface area contributed by atoms with Gasteiger partial charge in [-0.25, -0.2) is 0 Å². The summed E-state index contributed by atoms with van der Waals surface area (Å²) in [5, 5.41) is 18.1. The van der Waals surface area contributed by atoms with Crippen molar-refractivity contribution < 1.29 is 38.9 Å². The third-order valence-corrected chi connectivity index (χ3v) is 10.1. The summed E-state index contributed by atoms with van der Waals surface area (Å²) in [5.74, 6) is -6.14. The minimum absolute atomic E-state index is 0.0883. The van der Waals surface area contributed by atoms with E-state index in [1.54, 1.807) is 24.3 Å². The van der Waals surface area contributed by atoms with E-state index < -0.39 is 63.0 Å². The van der Waals surface area contributed by atoms with Crippen molar-refractivity contribution in [2.45, 2.75) is 34.9 Å². The van der Waals surface area contributed by atoms with E-state index in [1.807, 2.05) is 6.08 Å². The molecule has 0 aromatic heterocycles. The van der Waals surface area contributed by atoms with Crippen molar-refractivity contribution in [1.29, 1.82) is 0 Å². The number of nitrogens with zero attached hydrogens (tertiary/aromatic N) is 2. The second-order valence-corrected chi connectivity index (χ2v) is 11.8. The molecule has 2 N–H and O–H groups in total. The number of fused-ring (bicyclic) bond motifs is 4. The second-order valence-electron chi connectivity index (χ2n) is 10.1. The fraction of sp³-hybridized carbons (Fsp3) is 0.500. The molecule has 3 fully saturated rings. The van der Waals surface area contributed by atoms with E-state index in [2.05, 4.69) is 15.9 Å². The Hall–Kier alpha value is -2.47. The molecule has 39 heavy (non-hydrogen) atoms. The first-order valence-electron chi connectivity index (χ1n) is 12.4. The number of hydrogen-bond acceptors (Lipinski definition) is 7. The van der Waals surface area contributed by atoms with Crippen LogP contribution in [0.2, 0.25) is 0 Å². The number of aliphatic carboxylic acids is 1. The molecule has 2 aliphatic carbocycles. The summed E-state index contributed by atoms with van der Waals surface area (Å²) in [6.07, 6.45) is 1.49. The van der Waals surface area contributed by atoms with Gasteiger partial charge in [-0.15, -0.1) is 23.2 Å². The number of alkyl halides is 3. The summed E-state index contributed by atoms with van der Waals surface area (Å²) in [5.41, 5.74) is 1.09. The van der Waals surface area contributed by atoms with E-state index in [4.69, 9.17) is 38.2 Å². The van der Waals surface area contributed by atoms with Crippen LogP contribution < -0.4 is 4.74 Å². The van der Waals surface area contributed by atoms with Gasteiger partial charge in [-0.05, 0) is 36.5 Å². The molecule has 1 saturated carbocycles. The molecule has 0 bridgehead atoms. The lowest BCUT2D eigenvalue weighted by molar-refractivity contribution is -0.143. The van der Waals surface area contributed by atoms with Gasteiger partial charge in [0.05, 0.1) is 30.3 Å². The fourth-order valence-corrected chi connectivity index (χ4v) is 7.97. The third-order valence-electron chi connectivity index (χ3n) is 8.23. The highest BCUT2D eigenvalue weighted by molar-refractivity contribution is 9.09. The molecule has 0 radical (unpaired) electrons. The zero-order valence-corrected chi connectivity index (χ0v) is 23.6. The maximum Gasteiger partial charge on any atom is 0.305 e. The number of halogens is 3. The lowest BCUT2D eigenvalue weighted by Gasteiger charge is -2.50. The van der Waals surface area contributed by atoms with Gasteiger partial charge < -0.3 is 14.9 Å². The highest BCUT2D eigenvalue weighted by atomic mass is 79.9. The van der Waals surface area contributed by atoms with Crippen LogP contribution in [0, 0.1) is 17.8 Å². The van der Waals surface area contributed by atoms with Crippen LogP contribution in [0.3, 0.4) is 0 Å². The zero-order valence-electron chi connectivity index (χ0n) is 20.5. The van der Waals surface area contributed by atoms with Crippen molar-refractivity contribution in [3.8, 4) is 5.75 Å². The zero-order chi connectivity index (χ0) is 28.3. The molecule has 1 aromatic rings. The predicted octanol–water partition coefficient (Wildman–Crippen LogP) is 2.24. The highest BCUT2D eigenvalue weighted by Crippen LogP contribution is 2.65. The summed E-state index contributed by atoms with van der Waals surface area (Å²) >= 11 is 17.5. The number of ether oxygens (including phenoxy) is 1. The van der Waals surface area contributed by atoms with E-state index in [-0.39, 0.29) is 44.5 Å². The van der Waals surface area contributed by atoms with Crippen molar-refractivity contribution in [3.63, 3.8) is 0 Å². The van der Waals surface area contributed by atoms with Crippen LogP contribution in [0.4, 0.5) is 0 Å². The molecular weight excluding hydrogens is 619 g/mol. The molecule has 2 saturated heterocycles. The van der Waals surface area contributed by atoms with Gasteiger partial charge >= 0.3 is 5.97 Å². The summed E-state index contributed by atoms with van der Waals surface area (Å²) in [7, 11) is 0. The quantitative estimate of drug-likeness (QED) is 0.190. The summed E-state index contributed by atoms with van der Waals surface area (Å²) in [6.45, 7) is -0.331. The molecule has 2 aliphatic heterocycles. The first kappa shape index (κ1) is 28.1. The van der Waals surface area contributed by atoms with E-state index >= 15 is 0 Å². The van der Waals surface area contributed by atoms with Crippen LogP contribution in [0.1, 0.15) is 30.7 Å². The summed E-state index contributed by atoms with van der Waals surface area (Å²) < 4.78 is 5.45. The molecular formula is C26H25BrCl2N2O8. The van der Waals surface area contributed by atoms with Gasteiger partial charge in [-0.3, -0.25) is 33.8 Å². The summed E-state index contributed by atoms with van der Waals surface area (Å²) in [4.78, 5) is 63.3. The average molecular weight is 644 g/mol. The minimum Gasteiger partial charge on any atom is -0.491 e. The van der Waals surface area contributed by atoms with E-state index in [0.717, 1.165) is 9.80 Å². The van der Waals surface area contributed by atoms with Crippen molar-refractivity contribution in [2.24, 2.45) is 17.8 Å². The minimum atomic E-state index is -1.91. The van der Waals surface area contributed by atoms with Gasteiger partial charge in [0.2, 0.25) is 11.8 Å². The first-order valence-corrected chi connectivity index (χ1v) is 14.3. The smallest absolute Gasteiger partial charge is 0.305 e.